The molecule has 3 aromatic rings. The van der Waals surface area contributed by atoms with E-state index in [1.165, 1.54) is 0 Å². The first-order valence-corrected chi connectivity index (χ1v) is 10.2. The Hall–Kier alpha value is -2.63. The standard InChI is InChI=1S/C23H24ClN3O2/c24-18-6-3-5-17(13-18)14-23(16-28)9-4-12-27(15-23)22(29)20-8-2-1-7-19(20)21-25-10-11-26-21/h1-3,5-8,10-11,13,28H,4,9,12,14-16H2,(H,25,26)/t23-/m0/s1. The van der Waals surface area contributed by atoms with Crippen molar-refractivity contribution in [3.05, 3.63) is 77.1 Å². The van der Waals surface area contributed by atoms with Gasteiger partial charge in [-0.05, 0) is 43.0 Å². The third-order valence-corrected chi connectivity index (χ3v) is 5.90. The van der Waals surface area contributed by atoms with Crippen molar-refractivity contribution >= 4 is 17.5 Å². The number of aliphatic hydroxyl groups excluding tert-OH is 1. The summed E-state index contributed by atoms with van der Waals surface area (Å²) in [5.41, 5.74) is 2.13. The summed E-state index contributed by atoms with van der Waals surface area (Å²) in [5.74, 6) is 0.652. The maximum Gasteiger partial charge on any atom is 0.254 e. The Morgan fingerprint density at radius 1 is 1.24 bits per heavy atom. The highest BCUT2D eigenvalue weighted by atomic mass is 35.5. The van der Waals surface area contributed by atoms with Crippen molar-refractivity contribution in [1.82, 2.24) is 14.9 Å². The smallest absolute Gasteiger partial charge is 0.254 e. The number of aromatic nitrogens is 2. The number of amides is 1. The number of hydrogen-bond acceptors (Lipinski definition) is 3. The van der Waals surface area contributed by atoms with Crippen LogP contribution in [0.25, 0.3) is 11.4 Å². The van der Waals surface area contributed by atoms with E-state index in [-0.39, 0.29) is 17.9 Å². The van der Waals surface area contributed by atoms with E-state index >= 15 is 0 Å². The summed E-state index contributed by atoms with van der Waals surface area (Å²) in [7, 11) is 0. The number of likely N-dealkylation sites (tertiary alicyclic amines) is 1. The number of benzene rings is 2. The number of nitrogens with zero attached hydrogens (tertiary/aromatic N) is 2. The van der Waals surface area contributed by atoms with Gasteiger partial charge in [-0.15, -0.1) is 0 Å². The van der Waals surface area contributed by atoms with Gasteiger partial charge in [0.1, 0.15) is 5.82 Å². The van der Waals surface area contributed by atoms with Crippen LogP contribution in [0.1, 0.15) is 28.8 Å². The van der Waals surface area contributed by atoms with Gasteiger partial charge in [0.2, 0.25) is 0 Å². The van der Waals surface area contributed by atoms with Gasteiger partial charge in [0.05, 0.1) is 12.2 Å². The molecule has 0 radical (unpaired) electrons. The van der Waals surface area contributed by atoms with Crippen LogP contribution in [0.15, 0.2) is 60.9 Å². The third-order valence-electron chi connectivity index (χ3n) is 5.66. The van der Waals surface area contributed by atoms with E-state index in [2.05, 4.69) is 9.97 Å². The number of H-pyrrole nitrogens is 1. The molecule has 1 aliphatic rings. The largest absolute Gasteiger partial charge is 0.396 e. The highest BCUT2D eigenvalue weighted by Crippen LogP contribution is 2.35. The second-order valence-corrected chi connectivity index (χ2v) is 8.21. The molecule has 1 aromatic heterocycles. The summed E-state index contributed by atoms with van der Waals surface area (Å²) in [6, 6.07) is 15.2. The number of imidazole rings is 1. The van der Waals surface area contributed by atoms with Gasteiger partial charge in [0, 0.05) is 41.5 Å². The van der Waals surface area contributed by atoms with Crippen LogP contribution < -0.4 is 0 Å². The van der Waals surface area contributed by atoms with Gasteiger partial charge in [0.15, 0.2) is 0 Å². The van der Waals surface area contributed by atoms with Gasteiger partial charge in [-0.3, -0.25) is 4.79 Å². The first kappa shape index (κ1) is 19.7. The molecule has 1 aliphatic heterocycles. The number of aliphatic hydroxyl groups is 1. The Labute approximate surface area is 175 Å². The first-order chi connectivity index (χ1) is 14.1. The highest BCUT2D eigenvalue weighted by Gasteiger charge is 2.37. The van der Waals surface area contributed by atoms with Crippen molar-refractivity contribution in [3.8, 4) is 11.4 Å². The molecule has 1 amide bonds. The summed E-state index contributed by atoms with van der Waals surface area (Å²) in [6.07, 6.45) is 5.85. The van der Waals surface area contributed by atoms with Crippen LogP contribution in [0.3, 0.4) is 0 Å². The first-order valence-electron chi connectivity index (χ1n) is 9.84. The van der Waals surface area contributed by atoms with Gasteiger partial charge in [0.25, 0.3) is 5.91 Å². The maximum absolute atomic E-state index is 13.4. The summed E-state index contributed by atoms with van der Waals surface area (Å²) in [5, 5.41) is 10.9. The molecule has 6 heteroatoms. The Morgan fingerprint density at radius 3 is 2.86 bits per heavy atom. The Balaban J connectivity index is 1.59. The minimum atomic E-state index is -0.363. The van der Waals surface area contributed by atoms with E-state index < -0.39 is 0 Å². The summed E-state index contributed by atoms with van der Waals surface area (Å²) < 4.78 is 0. The molecule has 1 atom stereocenters. The van der Waals surface area contributed by atoms with Gasteiger partial charge >= 0.3 is 0 Å². The predicted octanol–water partition coefficient (Wildman–Crippen LogP) is 4.19. The fraction of sp³-hybridized carbons (Fsp3) is 0.304. The number of piperidine rings is 1. The lowest BCUT2D eigenvalue weighted by Gasteiger charge is -2.42. The molecule has 0 spiro atoms. The molecule has 1 fully saturated rings. The monoisotopic (exact) mass is 409 g/mol. The van der Waals surface area contributed by atoms with Crippen LogP contribution in [0.2, 0.25) is 5.02 Å². The second kappa shape index (κ2) is 8.39. The molecule has 29 heavy (non-hydrogen) atoms. The molecule has 0 aliphatic carbocycles. The lowest BCUT2D eigenvalue weighted by atomic mass is 9.75. The van der Waals surface area contributed by atoms with Crippen LogP contribution >= 0.6 is 11.6 Å². The normalized spacial score (nSPS) is 19.3. The zero-order valence-electron chi connectivity index (χ0n) is 16.1. The lowest BCUT2D eigenvalue weighted by Crippen LogP contribution is -2.49. The number of carbonyl (C=O) groups excluding carboxylic acids is 1. The zero-order valence-corrected chi connectivity index (χ0v) is 16.9. The lowest BCUT2D eigenvalue weighted by molar-refractivity contribution is 0.0272. The average molecular weight is 410 g/mol. The predicted molar refractivity (Wildman–Crippen MR) is 114 cm³/mol. The molecule has 0 saturated carbocycles. The van der Waals surface area contributed by atoms with Gasteiger partial charge in [-0.25, -0.2) is 4.98 Å². The molecule has 0 bridgehead atoms. The van der Waals surface area contributed by atoms with Crippen molar-refractivity contribution in [2.75, 3.05) is 19.7 Å². The molecule has 2 aromatic carbocycles. The van der Waals surface area contributed by atoms with Gasteiger partial charge in [-0.1, -0.05) is 41.9 Å². The van der Waals surface area contributed by atoms with Crippen molar-refractivity contribution in [3.63, 3.8) is 0 Å². The Morgan fingerprint density at radius 2 is 2.10 bits per heavy atom. The number of carbonyl (C=O) groups is 1. The van der Waals surface area contributed by atoms with Gasteiger partial charge < -0.3 is 15.0 Å². The van der Waals surface area contributed by atoms with Crippen molar-refractivity contribution in [2.45, 2.75) is 19.3 Å². The SMILES string of the molecule is O=C(c1ccccc1-c1ncc[nH]1)N1CCC[C@](CO)(Cc2cccc(Cl)c2)C1. The Bertz CT molecular complexity index is 989. The van der Waals surface area contributed by atoms with Crippen molar-refractivity contribution in [2.24, 2.45) is 5.41 Å². The van der Waals surface area contributed by atoms with E-state index in [9.17, 15) is 9.90 Å². The number of hydrogen-bond donors (Lipinski definition) is 2. The van der Waals surface area contributed by atoms with Gasteiger partial charge in [-0.2, -0.15) is 0 Å². The molecule has 150 valence electrons. The minimum absolute atomic E-state index is 0.0272. The summed E-state index contributed by atoms with van der Waals surface area (Å²) >= 11 is 6.14. The molecule has 2 N–H and O–H groups in total. The zero-order chi connectivity index (χ0) is 20.3. The van der Waals surface area contributed by atoms with E-state index in [1.807, 2.05) is 53.4 Å². The number of halogens is 1. The molecular formula is C23H24ClN3O2. The molecule has 4 rings (SSSR count). The summed E-state index contributed by atoms with van der Waals surface area (Å²) in [4.78, 5) is 22.7. The van der Waals surface area contributed by atoms with E-state index in [0.717, 1.165) is 24.0 Å². The van der Waals surface area contributed by atoms with Crippen molar-refractivity contribution in [1.29, 1.82) is 0 Å². The number of rotatable bonds is 5. The van der Waals surface area contributed by atoms with E-state index in [0.29, 0.717) is 35.9 Å². The van der Waals surface area contributed by atoms with Crippen LogP contribution in [0.4, 0.5) is 0 Å². The molecule has 0 unspecified atom stereocenters. The summed E-state index contributed by atoms with van der Waals surface area (Å²) in [6.45, 7) is 1.23. The maximum atomic E-state index is 13.4. The quantitative estimate of drug-likeness (QED) is 0.663. The number of nitrogens with one attached hydrogen (secondary N) is 1. The Kier molecular flexibility index (Phi) is 5.69. The van der Waals surface area contributed by atoms with E-state index in [1.54, 1.807) is 12.4 Å². The van der Waals surface area contributed by atoms with Crippen LogP contribution in [-0.4, -0.2) is 45.6 Å². The van der Waals surface area contributed by atoms with Crippen molar-refractivity contribution < 1.29 is 9.90 Å². The molecule has 5 nitrogen and oxygen atoms in total. The number of aromatic amines is 1. The molecule has 2 heterocycles. The fourth-order valence-electron chi connectivity index (χ4n) is 4.25. The minimum Gasteiger partial charge on any atom is -0.396 e. The topological polar surface area (TPSA) is 69.2 Å². The second-order valence-electron chi connectivity index (χ2n) is 7.78. The van der Waals surface area contributed by atoms with Crippen LogP contribution in [0.5, 0.6) is 0 Å². The highest BCUT2D eigenvalue weighted by molar-refractivity contribution is 6.30. The van der Waals surface area contributed by atoms with E-state index in [4.69, 9.17) is 11.6 Å². The van der Waals surface area contributed by atoms with Crippen LogP contribution in [0, 0.1) is 5.41 Å². The molecule has 1 saturated heterocycles. The third kappa shape index (κ3) is 4.21. The fourth-order valence-corrected chi connectivity index (χ4v) is 4.46. The average Bonchev–Trinajstić information content (AvgIpc) is 3.28. The van der Waals surface area contributed by atoms with Crippen LogP contribution in [-0.2, 0) is 6.42 Å². The molecular weight excluding hydrogens is 386 g/mol.